The SMILES string of the molecule is O=C(O[C@H](Cc1ccc(O)cc1)C(=O)N1CCC(C2CCNCC2)CC1)N1CCC(N2CCc3ccccc3NC2=O)CC1. The van der Waals surface area contributed by atoms with Crippen molar-refractivity contribution in [2.45, 2.75) is 63.5 Å². The van der Waals surface area contributed by atoms with Crippen molar-refractivity contribution >= 4 is 23.7 Å². The van der Waals surface area contributed by atoms with Crippen molar-refractivity contribution in [1.82, 2.24) is 20.0 Å². The Bertz CT molecular complexity index is 1300. The molecule has 0 radical (unpaired) electrons. The van der Waals surface area contributed by atoms with E-state index in [4.69, 9.17) is 4.74 Å². The molecule has 2 aromatic rings. The predicted octanol–water partition coefficient (Wildman–Crippen LogP) is 4.23. The molecule has 0 unspecified atom stereocenters. The van der Waals surface area contributed by atoms with Crippen molar-refractivity contribution in [1.29, 1.82) is 0 Å². The number of likely N-dealkylation sites (tertiary alicyclic amines) is 2. The van der Waals surface area contributed by atoms with E-state index < -0.39 is 12.2 Å². The summed E-state index contributed by atoms with van der Waals surface area (Å²) in [4.78, 5) is 45.7. The molecule has 0 saturated carbocycles. The van der Waals surface area contributed by atoms with Crippen molar-refractivity contribution in [2.24, 2.45) is 11.8 Å². The lowest BCUT2D eigenvalue weighted by molar-refractivity contribution is -0.142. The maximum absolute atomic E-state index is 13.8. The molecule has 3 fully saturated rings. The van der Waals surface area contributed by atoms with E-state index in [0.717, 1.165) is 55.1 Å². The van der Waals surface area contributed by atoms with Gasteiger partial charge in [0.2, 0.25) is 0 Å². The second-order valence-corrected chi connectivity index (χ2v) is 12.7. The molecule has 236 valence electrons. The largest absolute Gasteiger partial charge is 0.508 e. The Morgan fingerprint density at radius 1 is 0.841 bits per heavy atom. The van der Waals surface area contributed by atoms with Gasteiger partial charge in [0.25, 0.3) is 5.91 Å². The average Bonchev–Trinajstić information content (AvgIpc) is 3.23. The molecule has 3 N–H and O–H groups in total. The highest BCUT2D eigenvalue weighted by Crippen LogP contribution is 2.31. The Balaban J connectivity index is 1.06. The number of benzene rings is 2. The molecule has 4 heterocycles. The maximum atomic E-state index is 13.8. The Morgan fingerprint density at radius 2 is 1.50 bits per heavy atom. The summed E-state index contributed by atoms with van der Waals surface area (Å²) in [5, 5.41) is 16.2. The molecule has 4 aliphatic rings. The number of phenols is 1. The number of carbonyl (C=O) groups is 3. The number of hydrogen-bond donors (Lipinski definition) is 3. The smallest absolute Gasteiger partial charge is 0.410 e. The number of urea groups is 1. The van der Waals surface area contributed by atoms with Crippen LogP contribution in [0.1, 0.15) is 49.7 Å². The lowest BCUT2D eigenvalue weighted by Crippen LogP contribution is -2.52. The molecule has 0 spiro atoms. The standard InChI is InChI=1S/C34H45N5O5/c40-29-7-5-24(6-8-29)23-31(32(41)37-18-11-26(12-19-37)25-9-16-35-17-10-25)44-34(43)38-20-14-28(15-21-38)39-22-13-27-3-1-2-4-30(27)36-33(39)42/h1-8,25-26,28,31,35,40H,9-23H2,(H,36,42)/t31-/m1/s1. The molecule has 4 aliphatic heterocycles. The highest BCUT2D eigenvalue weighted by molar-refractivity contribution is 5.91. The van der Waals surface area contributed by atoms with Gasteiger partial charge in [0.15, 0.2) is 6.10 Å². The zero-order valence-corrected chi connectivity index (χ0v) is 25.5. The maximum Gasteiger partial charge on any atom is 0.410 e. The fraction of sp³-hybridized carbons (Fsp3) is 0.559. The highest BCUT2D eigenvalue weighted by atomic mass is 16.6. The van der Waals surface area contributed by atoms with Gasteiger partial charge in [0.05, 0.1) is 0 Å². The second-order valence-electron chi connectivity index (χ2n) is 12.7. The van der Waals surface area contributed by atoms with Crippen molar-refractivity contribution in [3.63, 3.8) is 0 Å². The number of hydrogen-bond acceptors (Lipinski definition) is 6. The minimum Gasteiger partial charge on any atom is -0.508 e. The van der Waals surface area contributed by atoms with E-state index in [0.29, 0.717) is 51.5 Å². The van der Waals surface area contributed by atoms with Gasteiger partial charge >= 0.3 is 12.1 Å². The van der Waals surface area contributed by atoms with Crippen LogP contribution in [-0.4, -0.2) is 95.8 Å². The fourth-order valence-corrected chi connectivity index (χ4v) is 7.43. The number of para-hydroxylation sites is 1. The van der Waals surface area contributed by atoms with Gasteiger partial charge in [0.1, 0.15) is 5.75 Å². The van der Waals surface area contributed by atoms with Gasteiger partial charge < -0.3 is 35.2 Å². The van der Waals surface area contributed by atoms with Crippen LogP contribution in [0.3, 0.4) is 0 Å². The molecule has 0 bridgehead atoms. The quantitative estimate of drug-likeness (QED) is 0.456. The first kappa shape index (κ1) is 30.2. The third-order valence-electron chi connectivity index (χ3n) is 10.1. The molecule has 3 saturated heterocycles. The number of ether oxygens (including phenoxy) is 1. The average molecular weight is 604 g/mol. The van der Waals surface area contributed by atoms with Crippen LogP contribution in [0.4, 0.5) is 15.3 Å². The zero-order valence-electron chi connectivity index (χ0n) is 25.5. The number of nitrogens with zero attached hydrogens (tertiary/aromatic N) is 3. The number of carbonyl (C=O) groups excluding carboxylic acids is 3. The highest BCUT2D eigenvalue weighted by Gasteiger charge is 2.36. The van der Waals surface area contributed by atoms with Gasteiger partial charge in [-0.15, -0.1) is 0 Å². The number of piperidine rings is 3. The van der Waals surface area contributed by atoms with E-state index in [2.05, 4.69) is 10.6 Å². The third kappa shape index (κ3) is 7.12. The van der Waals surface area contributed by atoms with Gasteiger partial charge in [-0.25, -0.2) is 9.59 Å². The number of amides is 4. The number of rotatable bonds is 6. The van der Waals surface area contributed by atoms with Crippen molar-refractivity contribution in [3.8, 4) is 5.75 Å². The summed E-state index contributed by atoms with van der Waals surface area (Å²) in [7, 11) is 0. The van der Waals surface area contributed by atoms with E-state index in [-0.39, 0.29) is 30.2 Å². The van der Waals surface area contributed by atoms with Gasteiger partial charge in [0, 0.05) is 50.9 Å². The molecule has 0 aliphatic carbocycles. The Labute approximate surface area is 259 Å². The molecule has 10 nitrogen and oxygen atoms in total. The Morgan fingerprint density at radius 3 is 2.23 bits per heavy atom. The van der Waals surface area contributed by atoms with Crippen LogP contribution in [0.25, 0.3) is 0 Å². The lowest BCUT2D eigenvalue weighted by Gasteiger charge is -2.39. The van der Waals surface area contributed by atoms with E-state index in [1.807, 2.05) is 34.1 Å². The molecule has 44 heavy (non-hydrogen) atoms. The molecule has 0 aromatic heterocycles. The molecular weight excluding hydrogens is 558 g/mol. The zero-order chi connectivity index (χ0) is 30.5. The predicted molar refractivity (Wildman–Crippen MR) is 167 cm³/mol. The van der Waals surface area contributed by atoms with E-state index in [9.17, 15) is 19.5 Å². The van der Waals surface area contributed by atoms with Crippen molar-refractivity contribution in [2.75, 3.05) is 51.1 Å². The summed E-state index contributed by atoms with van der Waals surface area (Å²) in [6, 6.07) is 14.5. The monoisotopic (exact) mass is 603 g/mol. The topological polar surface area (TPSA) is 114 Å². The summed E-state index contributed by atoms with van der Waals surface area (Å²) >= 11 is 0. The molecule has 1 atom stereocenters. The van der Waals surface area contributed by atoms with Gasteiger partial charge in [-0.05, 0) is 99.2 Å². The van der Waals surface area contributed by atoms with Gasteiger partial charge in [-0.3, -0.25) is 4.79 Å². The minimum absolute atomic E-state index is 0.0315. The molecule has 10 heteroatoms. The first-order valence-electron chi connectivity index (χ1n) is 16.3. The molecular formula is C34H45N5O5. The summed E-state index contributed by atoms with van der Waals surface area (Å²) in [6.45, 7) is 5.07. The fourth-order valence-electron chi connectivity index (χ4n) is 7.43. The van der Waals surface area contributed by atoms with Crippen LogP contribution >= 0.6 is 0 Å². The van der Waals surface area contributed by atoms with Crippen LogP contribution in [-0.2, 0) is 22.4 Å². The van der Waals surface area contributed by atoms with Crippen LogP contribution in [0.2, 0.25) is 0 Å². The van der Waals surface area contributed by atoms with Crippen LogP contribution in [0.5, 0.6) is 5.75 Å². The number of anilines is 1. The summed E-state index contributed by atoms with van der Waals surface area (Å²) in [5.41, 5.74) is 2.82. The third-order valence-corrected chi connectivity index (χ3v) is 10.1. The minimum atomic E-state index is -0.935. The summed E-state index contributed by atoms with van der Waals surface area (Å²) in [5.74, 6) is 1.36. The van der Waals surface area contributed by atoms with E-state index >= 15 is 0 Å². The second kappa shape index (κ2) is 13.9. The molecule has 2 aromatic carbocycles. The van der Waals surface area contributed by atoms with Crippen LogP contribution < -0.4 is 10.6 Å². The van der Waals surface area contributed by atoms with E-state index in [1.165, 1.54) is 12.8 Å². The van der Waals surface area contributed by atoms with Gasteiger partial charge in [-0.2, -0.15) is 0 Å². The van der Waals surface area contributed by atoms with Crippen molar-refractivity contribution in [3.05, 3.63) is 59.7 Å². The first-order chi connectivity index (χ1) is 21.4. The normalized spacial score (nSPS) is 21.3. The number of fused-ring (bicyclic) bond motifs is 1. The van der Waals surface area contributed by atoms with E-state index in [1.54, 1.807) is 29.2 Å². The van der Waals surface area contributed by atoms with Gasteiger partial charge in [-0.1, -0.05) is 30.3 Å². The molecule has 6 rings (SSSR count). The number of nitrogens with one attached hydrogen (secondary N) is 2. The Hall–Kier alpha value is -3.79. The Kier molecular flexibility index (Phi) is 9.54. The summed E-state index contributed by atoms with van der Waals surface area (Å²) < 4.78 is 5.98. The van der Waals surface area contributed by atoms with Crippen LogP contribution in [0, 0.1) is 11.8 Å². The summed E-state index contributed by atoms with van der Waals surface area (Å²) in [6.07, 6.45) is 5.29. The number of aromatic hydroxyl groups is 1. The molecule has 4 amide bonds. The van der Waals surface area contributed by atoms with Crippen molar-refractivity contribution < 1.29 is 24.2 Å². The van der Waals surface area contributed by atoms with Crippen LogP contribution in [0.15, 0.2) is 48.5 Å². The first-order valence-corrected chi connectivity index (χ1v) is 16.3. The lowest BCUT2D eigenvalue weighted by atomic mass is 9.79. The number of phenolic OH excluding ortho intramolecular Hbond substituents is 1.